The fourth-order valence-corrected chi connectivity index (χ4v) is 2.36. The minimum absolute atomic E-state index is 0.814. The van der Waals surface area contributed by atoms with E-state index in [0.29, 0.717) is 0 Å². The van der Waals surface area contributed by atoms with E-state index in [2.05, 4.69) is 70.2 Å². The molecule has 0 atom stereocenters. The fourth-order valence-electron chi connectivity index (χ4n) is 2.36. The van der Waals surface area contributed by atoms with Crippen LogP contribution in [0.3, 0.4) is 0 Å². The lowest BCUT2D eigenvalue weighted by Crippen LogP contribution is -2.38. The van der Waals surface area contributed by atoms with E-state index in [4.69, 9.17) is 0 Å². The second-order valence-electron chi connectivity index (χ2n) is 4.56. The van der Waals surface area contributed by atoms with Crippen molar-refractivity contribution >= 4 is 0 Å². The fraction of sp³-hybridized carbons (Fsp3) is 0.133. The van der Waals surface area contributed by atoms with Crippen LogP contribution in [0.2, 0.25) is 0 Å². The Labute approximate surface area is 111 Å². The molecule has 1 aromatic carbocycles. The largest absolute Gasteiger partial charge is 0.375 e. The number of aryl methyl sites for hydroxylation is 2. The summed E-state index contributed by atoms with van der Waals surface area (Å²) in [6.45, 7) is 4.16. The van der Waals surface area contributed by atoms with Gasteiger partial charge in [0.1, 0.15) is 17.6 Å². The molecule has 1 N–H and O–H groups in total. The average molecular weight is 251 g/mol. The zero-order valence-corrected chi connectivity index (χ0v) is 11.0. The number of rotatable bonds is 2. The summed E-state index contributed by atoms with van der Waals surface area (Å²) >= 11 is 0. The summed E-state index contributed by atoms with van der Waals surface area (Å²) in [5, 5.41) is 10.6. The van der Waals surface area contributed by atoms with Gasteiger partial charge in [-0.1, -0.05) is 30.3 Å². The lowest BCUT2D eigenvalue weighted by Gasteiger charge is -2.07. The van der Waals surface area contributed by atoms with Crippen molar-refractivity contribution in [1.29, 1.82) is 0 Å². The van der Waals surface area contributed by atoms with Gasteiger partial charge >= 0.3 is 5.82 Å². The lowest BCUT2D eigenvalue weighted by atomic mass is 10.0. The molecule has 0 amide bonds. The molecule has 4 nitrogen and oxygen atoms in total. The van der Waals surface area contributed by atoms with Crippen molar-refractivity contribution in [2.75, 3.05) is 0 Å². The first-order valence-corrected chi connectivity index (χ1v) is 6.20. The molecule has 4 heteroatoms. The zero-order valence-electron chi connectivity index (χ0n) is 11.0. The molecule has 94 valence electrons. The molecule has 0 aliphatic carbocycles. The predicted octanol–water partition coefficient (Wildman–Crippen LogP) is 2.37. The van der Waals surface area contributed by atoms with Gasteiger partial charge in [-0.25, -0.2) is 0 Å². The first-order chi connectivity index (χ1) is 9.25. The molecule has 0 bridgehead atoms. The first kappa shape index (κ1) is 11.6. The number of nitrogens with zero attached hydrogens (tertiary/aromatic N) is 3. The van der Waals surface area contributed by atoms with Crippen LogP contribution in [0.1, 0.15) is 11.4 Å². The lowest BCUT2D eigenvalue weighted by molar-refractivity contribution is -0.613. The number of aromatic amines is 1. The van der Waals surface area contributed by atoms with Gasteiger partial charge < -0.3 is 0 Å². The zero-order chi connectivity index (χ0) is 13.2. The minimum atomic E-state index is 0.814. The summed E-state index contributed by atoms with van der Waals surface area (Å²) in [6.07, 6.45) is 1.72. The van der Waals surface area contributed by atoms with Crippen molar-refractivity contribution in [3.05, 3.63) is 60.0 Å². The molecule has 2 aromatic heterocycles. The average Bonchev–Trinajstić information content (AvgIpc) is 2.93. The van der Waals surface area contributed by atoms with Gasteiger partial charge in [0.05, 0.1) is 5.10 Å². The van der Waals surface area contributed by atoms with Crippen molar-refractivity contribution in [3.63, 3.8) is 0 Å². The van der Waals surface area contributed by atoms with E-state index < -0.39 is 0 Å². The van der Waals surface area contributed by atoms with Gasteiger partial charge in [-0.05, 0) is 37.1 Å². The van der Waals surface area contributed by atoms with Crippen LogP contribution in [-0.2, 0) is 0 Å². The van der Waals surface area contributed by atoms with Crippen LogP contribution < -0.4 is 4.57 Å². The number of aromatic nitrogens is 4. The summed E-state index contributed by atoms with van der Waals surface area (Å²) in [7, 11) is 0. The smallest absolute Gasteiger partial charge is 0.195 e. The predicted molar refractivity (Wildman–Crippen MR) is 72.8 cm³/mol. The van der Waals surface area contributed by atoms with E-state index in [1.807, 2.05) is 6.07 Å². The Morgan fingerprint density at radius 2 is 1.63 bits per heavy atom. The SMILES string of the molecule is Cc1cc(-c2ccccc2)cc(C)[n+]1-c1cn[nH]n1. The highest BCUT2D eigenvalue weighted by molar-refractivity contribution is 5.63. The van der Waals surface area contributed by atoms with Gasteiger partial charge in [-0.2, -0.15) is 4.57 Å². The van der Waals surface area contributed by atoms with Crippen LogP contribution in [-0.4, -0.2) is 15.4 Å². The number of H-pyrrole nitrogens is 1. The molecule has 0 unspecified atom stereocenters. The molecule has 19 heavy (non-hydrogen) atoms. The Bertz CT molecular complexity index is 664. The van der Waals surface area contributed by atoms with Crippen molar-refractivity contribution in [2.45, 2.75) is 13.8 Å². The Morgan fingerprint density at radius 3 is 2.21 bits per heavy atom. The quantitative estimate of drug-likeness (QED) is 0.711. The van der Waals surface area contributed by atoms with Crippen LogP contribution in [0, 0.1) is 13.8 Å². The van der Waals surface area contributed by atoms with Gasteiger partial charge in [0, 0.05) is 0 Å². The van der Waals surface area contributed by atoms with Crippen LogP contribution in [0.4, 0.5) is 0 Å². The van der Waals surface area contributed by atoms with E-state index >= 15 is 0 Å². The monoisotopic (exact) mass is 251 g/mol. The Balaban J connectivity index is 2.13. The van der Waals surface area contributed by atoms with E-state index in [1.165, 1.54) is 11.1 Å². The summed E-state index contributed by atoms with van der Waals surface area (Å²) in [4.78, 5) is 0. The molecule has 0 saturated carbocycles. The van der Waals surface area contributed by atoms with E-state index in [1.54, 1.807) is 6.20 Å². The van der Waals surface area contributed by atoms with Gasteiger partial charge in [0.2, 0.25) is 0 Å². The van der Waals surface area contributed by atoms with Gasteiger partial charge in [-0.3, -0.25) is 0 Å². The highest BCUT2D eigenvalue weighted by atomic mass is 15.4. The van der Waals surface area contributed by atoms with Crippen LogP contribution in [0.5, 0.6) is 0 Å². The van der Waals surface area contributed by atoms with E-state index in [9.17, 15) is 0 Å². The highest BCUT2D eigenvalue weighted by Crippen LogP contribution is 2.20. The number of hydrogen-bond donors (Lipinski definition) is 1. The second-order valence-corrected chi connectivity index (χ2v) is 4.56. The topological polar surface area (TPSA) is 45.5 Å². The highest BCUT2D eigenvalue weighted by Gasteiger charge is 2.16. The van der Waals surface area contributed by atoms with Crippen molar-refractivity contribution < 1.29 is 4.57 Å². The molecule has 0 radical (unpaired) electrons. The van der Waals surface area contributed by atoms with E-state index in [0.717, 1.165) is 17.2 Å². The number of pyridine rings is 1. The summed E-state index contributed by atoms with van der Waals surface area (Å²) in [5.74, 6) is 0.814. The third kappa shape index (κ3) is 2.12. The second kappa shape index (κ2) is 4.65. The molecule has 3 rings (SSSR count). The van der Waals surface area contributed by atoms with Crippen LogP contribution in [0.25, 0.3) is 16.9 Å². The molecule has 3 aromatic rings. The maximum atomic E-state index is 4.14. The molecule has 0 spiro atoms. The van der Waals surface area contributed by atoms with Crippen molar-refractivity contribution in [2.24, 2.45) is 0 Å². The summed E-state index contributed by atoms with van der Waals surface area (Å²) in [5.41, 5.74) is 4.71. The summed E-state index contributed by atoms with van der Waals surface area (Å²) < 4.78 is 2.08. The van der Waals surface area contributed by atoms with Gasteiger partial charge in [0.15, 0.2) is 0 Å². The molecular formula is C15H15N4+. The van der Waals surface area contributed by atoms with Gasteiger partial charge in [-0.15, -0.1) is 10.3 Å². The first-order valence-electron chi connectivity index (χ1n) is 6.20. The molecular weight excluding hydrogens is 236 g/mol. The Morgan fingerprint density at radius 1 is 0.947 bits per heavy atom. The van der Waals surface area contributed by atoms with E-state index in [-0.39, 0.29) is 0 Å². The molecule has 0 saturated heterocycles. The molecule has 0 aliphatic heterocycles. The molecule has 0 fully saturated rings. The van der Waals surface area contributed by atoms with Gasteiger partial charge in [0.25, 0.3) is 0 Å². The molecule has 0 aliphatic rings. The third-order valence-electron chi connectivity index (χ3n) is 3.17. The normalized spacial score (nSPS) is 10.6. The molecule has 2 heterocycles. The Kier molecular flexibility index (Phi) is 2.83. The number of benzene rings is 1. The van der Waals surface area contributed by atoms with Crippen LogP contribution >= 0.6 is 0 Å². The number of nitrogens with one attached hydrogen (secondary N) is 1. The Hall–Kier alpha value is -2.49. The van der Waals surface area contributed by atoms with Crippen molar-refractivity contribution in [1.82, 2.24) is 15.4 Å². The maximum Gasteiger partial charge on any atom is 0.375 e. The third-order valence-corrected chi connectivity index (χ3v) is 3.17. The maximum absolute atomic E-state index is 4.14. The standard InChI is InChI=1S/C15H15N4/c1-11-8-14(13-6-4-3-5-7-13)9-12(2)19(11)15-10-16-18-17-15/h3-10H,1-2H3,(H,16,17,18)/q+1. The number of hydrogen-bond acceptors (Lipinski definition) is 2. The van der Waals surface area contributed by atoms with Crippen LogP contribution in [0.15, 0.2) is 48.7 Å². The van der Waals surface area contributed by atoms with Crippen molar-refractivity contribution in [3.8, 4) is 16.9 Å². The summed E-state index contributed by atoms with van der Waals surface area (Å²) in [6, 6.07) is 14.7. The minimum Gasteiger partial charge on any atom is -0.195 e.